The molecule has 0 aromatic heterocycles. The van der Waals surface area contributed by atoms with E-state index in [0.29, 0.717) is 0 Å². The molecule has 0 saturated heterocycles. The minimum atomic E-state index is -0.0856. The molecular weight excluding hydrogens is 339 g/mol. The topological polar surface area (TPSA) is 47.3 Å². The summed E-state index contributed by atoms with van der Waals surface area (Å²) in [5.41, 5.74) is 4.19. The van der Waals surface area contributed by atoms with Gasteiger partial charge in [0.2, 0.25) is 0 Å². The van der Waals surface area contributed by atoms with Crippen molar-refractivity contribution >= 4 is 22.6 Å². The van der Waals surface area contributed by atoms with Gasteiger partial charge in [0.1, 0.15) is 0 Å². The zero-order valence-electron chi connectivity index (χ0n) is 10.8. The second kappa shape index (κ2) is 6.32. The van der Waals surface area contributed by atoms with E-state index in [4.69, 9.17) is 10.6 Å². The Hall–Kier alpha value is -0.170. The van der Waals surface area contributed by atoms with Crippen LogP contribution in [0.2, 0.25) is 0 Å². The zero-order valence-corrected chi connectivity index (χ0v) is 12.9. The first-order valence-electron chi connectivity index (χ1n) is 6.46. The van der Waals surface area contributed by atoms with Crippen LogP contribution in [0.4, 0.5) is 0 Å². The van der Waals surface area contributed by atoms with Crippen LogP contribution in [0.15, 0.2) is 24.3 Å². The molecule has 1 aromatic carbocycles. The molecule has 3 N–H and O–H groups in total. The van der Waals surface area contributed by atoms with Gasteiger partial charge in [0.05, 0.1) is 11.6 Å². The maximum Gasteiger partial charge on any atom is 0.0847 e. The van der Waals surface area contributed by atoms with Gasteiger partial charge in [0, 0.05) is 10.7 Å². The highest BCUT2D eigenvalue weighted by molar-refractivity contribution is 14.1. The number of hydrogen-bond acceptors (Lipinski definition) is 3. The fourth-order valence-corrected chi connectivity index (χ4v) is 3.28. The third kappa shape index (κ3) is 3.04. The largest absolute Gasteiger partial charge is 0.377 e. The number of nitrogens with one attached hydrogen (secondary N) is 1. The molecule has 1 aliphatic carbocycles. The van der Waals surface area contributed by atoms with Crippen molar-refractivity contribution < 1.29 is 4.74 Å². The van der Waals surface area contributed by atoms with E-state index in [-0.39, 0.29) is 11.6 Å². The number of benzene rings is 1. The maximum atomic E-state index is 5.80. The van der Waals surface area contributed by atoms with Gasteiger partial charge in [0.15, 0.2) is 0 Å². The molecule has 0 radical (unpaired) electrons. The number of hydrogen-bond donors (Lipinski definition) is 2. The molecule has 1 aliphatic rings. The molecule has 1 atom stereocenters. The van der Waals surface area contributed by atoms with E-state index < -0.39 is 0 Å². The van der Waals surface area contributed by atoms with Crippen LogP contribution in [0.1, 0.15) is 31.2 Å². The monoisotopic (exact) mass is 360 g/mol. The van der Waals surface area contributed by atoms with Crippen molar-refractivity contribution in [1.82, 2.24) is 5.43 Å². The molecule has 1 aromatic rings. The molecule has 1 unspecified atom stereocenters. The molecule has 0 bridgehead atoms. The molecule has 3 nitrogen and oxygen atoms in total. The summed E-state index contributed by atoms with van der Waals surface area (Å²) >= 11 is 2.32. The van der Waals surface area contributed by atoms with E-state index in [1.165, 1.54) is 22.0 Å². The Morgan fingerprint density at radius 2 is 1.94 bits per heavy atom. The average Bonchev–Trinajstić information content (AvgIpc) is 2.88. The van der Waals surface area contributed by atoms with Gasteiger partial charge in [-0.25, -0.2) is 0 Å². The predicted octanol–water partition coefficient (Wildman–Crippen LogP) is 2.62. The van der Waals surface area contributed by atoms with Crippen molar-refractivity contribution in [2.24, 2.45) is 5.84 Å². The standard InChI is InChI=1S/C14H21IN2O/c1-18-14(8-2-3-9-14)13(17-16)10-11-4-6-12(15)7-5-11/h4-7,13,17H,2-3,8-10,16H2,1H3. The van der Waals surface area contributed by atoms with Crippen LogP contribution < -0.4 is 11.3 Å². The van der Waals surface area contributed by atoms with Crippen LogP contribution in [0, 0.1) is 3.57 Å². The lowest BCUT2D eigenvalue weighted by Gasteiger charge is -2.36. The van der Waals surface area contributed by atoms with E-state index in [9.17, 15) is 0 Å². The Balaban J connectivity index is 2.11. The van der Waals surface area contributed by atoms with Crippen LogP contribution in [0.5, 0.6) is 0 Å². The second-order valence-electron chi connectivity index (χ2n) is 5.03. The maximum absolute atomic E-state index is 5.80. The second-order valence-corrected chi connectivity index (χ2v) is 6.27. The normalized spacial score (nSPS) is 19.9. The first kappa shape index (κ1) is 14.2. The summed E-state index contributed by atoms with van der Waals surface area (Å²) in [5.74, 6) is 5.76. The van der Waals surface area contributed by atoms with Crippen LogP contribution in [0.25, 0.3) is 0 Å². The molecule has 0 heterocycles. The van der Waals surface area contributed by atoms with Gasteiger partial charge in [0.25, 0.3) is 0 Å². The Morgan fingerprint density at radius 3 is 2.44 bits per heavy atom. The highest BCUT2D eigenvalue weighted by Crippen LogP contribution is 2.36. The Bertz CT molecular complexity index is 374. The van der Waals surface area contributed by atoms with Crippen molar-refractivity contribution in [2.45, 2.75) is 43.7 Å². The van der Waals surface area contributed by atoms with Crippen LogP contribution in [0.3, 0.4) is 0 Å². The number of nitrogens with two attached hydrogens (primary N) is 1. The van der Waals surface area contributed by atoms with Gasteiger partial charge in [-0.05, 0) is 59.5 Å². The highest BCUT2D eigenvalue weighted by Gasteiger charge is 2.41. The average molecular weight is 360 g/mol. The van der Waals surface area contributed by atoms with Gasteiger partial charge < -0.3 is 4.74 Å². The van der Waals surface area contributed by atoms with Crippen molar-refractivity contribution in [2.75, 3.05) is 7.11 Å². The predicted molar refractivity (Wildman–Crippen MR) is 82.2 cm³/mol. The zero-order chi connectivity index (χ0) is 13.0. The van der Waals surface area contributed by atoms with Crippen LogP contribution in [-0.2, 0) is 11.2 Å². The fraction of sp³-hybridized carbons (Fsp3) is 0.571. The summed E-state index contributed by atoms with van der Waals surface area (Å²) in [6, 6.07) is 8.80. The molecular formula is C14H21IN2O. The molecule has 18 heavy (non-hydrogen) atoms. The van der Waals surface area contributed by atoms with Gasteiger partial charge in [-0.15, -0.1) is 0 Å². The number of hydrazine groups is 1. The van der Waals surface area contributed by atoms with Crippen molar-refractivity contribution in [1.29, 1.82) is 0 Å². The smallest absolute Gasteiger partial charge is 0.0847 e. The summed E-state index contributed by atoms with van der Waals surface area (Å²) in [5, 5.41) is 0. The minimum Gasteiger partial charge on any atom is -0.377 e. The van der Waals surface area contributed by atoms with E-state index in [2.05, 4.69) is 52.3 Å². The van der Waals surface area contributed by atoms with Crippen LogP contribution >= 0.6 is 22.6 Å². The SMILES string of the molecule is COC1(C(Cc2ccc(I)cc2)NN)CCCC1. The van der Waals surface area contributed by atoms with Crippen LogP contribution in [-0.4, -0.2) is 18.8 Å². The van der Waals surface area contributed by atoms with Crippen molar-refractivity contribution in [3.8, 4) is 0 Å². The first-order valence-corrected chi connectivity index (χ1v) is 7.54. The fourth-order valence-electron chi connectivity index (χ4n) is 2.92. The first-order chi connectivity index (χ1) is 8.70. The molecule has 100 valence electrons. The molecule has 2 rings (SSSR count). The summed E-state index contributed by atoms with van der Waals surface area (Å²) in [6.07, 6.45) is 5.59. The Morgan fingerprint density at radius 1 is 1.33 bits per heavy atom. The number of ether oxygens (including phenoxy) is 1. The highest BCUT2D eigenvalue weighted by atomic mass is 127. The Kier molecular flexibility index (Phi) is 5.00. The van der Waals surface area contributed by atoms with Crippen molar-refractivity contribution in [3.05, 3.63) is 33.4 Å². The van der Waals surface area contributed by atoms with Gasteiger partial charge >= 0.3 is 0 Å². The van der Waals surface area contributed by atoms with E-state index >= 15 is 0 Å². The van der Waals surface area contributed by atoms with E-state index in [1.807, 2.05) is 7.11 Å². The third-order valence-electron chi connectivity index (χ3n) is 4.05. The van der Waals surface area contributed by atoms with Gasteiger partial charge in [-0.3, -0.25) is 11.3 Å². The lowest BCUT2D eigenvalue weighted by atomic mass is 9.88. The molecule has 0 amide bonds. The molecule has 1 fully saturated rings. The third-order valence-corrected chi connectivity index (χ3v) is 4.76. The number of methoxy groups -OCH3 is 1. The number of halogens is 1. The summed E-state index contributed by atoms with van der Waals surface area (Å²) in [6.45, 7) is 0. The Labute approximate surface area is 123 Å². The quantitative estimate of drug-likeness (QED) is 0.482. The minimum absolute atomic E-state index is 0.0856. The number of rotatable bonds is 5. The summed E-state index contributed by atoms with van der Waals surface area (Å²) < 4.78 is 7.06. The van der Waals surface area contributed by atoms with Crippen molar-refractivity contribution in [3.63, 3.8) is 0 Å². The molecule has 4 heteroatoms. The van der Waals surface area contributed by atoms with Gasteiger partial charge in [-0.2, -0.15) is 0 Å². The van der Waals surface area contributed by atoms with E-state index in [1.54, 1.807) is 0 Å². The summed E-state index contributed by atoms with van der Waals surface area (Å²) in [7, 11) is 1.81. The molecule has 1 saturated carbocycles. The lowest BCUT2D eigenvalue weighted by Crippen LogP contribution is -2.54. The molecule has 0 aliphatic heterocycles. The summed E-state index contributed by atoms with van der Waals surface area (Å²) in [4.78, 5) is 0. The van der Waals surface area contributed by atoms with E-state index in [0.717, 1.165) is 19.3 Å². The lowest BCUT2D eigenvalue weighted by molar-refractivity contribution is -0.0355. The molecule has 0 spiro atoms. The van der Waals surface area contributed by atoms with Gasteiger partial charge in [-0.1, -0.05) is 25.0 Å².